The fourth-order valence-electron chi connectivity index (χ4n) is 2.54. The van der Waals surface area contributed by atoms with Crippen molar-refractivity contribution in [1.82, 2.24) is 9.29 Å². The van der Waals surface area contributed by atoms with Gasteiger partial charge in [-0.05, 0) is 30.3 Å². The summed E-state index contributed by atoms with van der Waals surface area (Å²) in [6.45, 7) is 0. The fraction of sp³-hybridized carbons (Fsp3) is 0.188. The van der Waals surface area contributed by atoms with E-state index in [2.05, 4.69) is 15.3 Å². The van der Waals surface area contributed by atoms with E-state index in [1.54, 1.807) is 24.3 Å². The van der Waals surface area contributed by atoms with Gasteiger partial charge in [0, 0.05) is 30.2 Å². The molecule has 0 saturated carbocycles. The van der Waals surface area contributed by atoms with Gasteiger partial charge in [-0.2, -0.15) is 0 Å². The molecule has 1 aromatic heterocycles. The quantitative estimate of drug-likeness (QED) is 0.651. The van der Waals surface area contributed by atoms with E-state index in [4.69, 9.17) is 23.1 Å². The maximum absolute atomic E-state index is 12.3. The lowest BCUT2D eigenvalue weighted by molar-refractivity contribution is 0.102. The molecule has 0 spiro atoms. The van der Waals surface area contributed by atoms with Crippen LogP contribution in [0.3, 0.4) is 0 Å². The van der Waals surface area contributed by atoms with Crippen LogP contribution < -0.4 is 16.8 Å². The van der Waals surface area contributed by atoms with Crippen LogP contribution in [-0.4, -0.2) is 42.4 Å². The molecule has 0 saturated heterocycles. The van der Waals surface area contributed by atoms with Crippen LogP contribution in [0.4, 0.5) is 11.4 Å². The van der Waals surface area contributed by atoms with Gasteiger partial charge in [-0.25, -0.2) is 22.7 Å². The molecule has 3 rings (SSSR count). The molecule has 1 amide bonds. The summed E-state index contributed by atoms with van der Waals surface area (Å²) in [6.07, 6.45) is 1.37. The Bertz CT molecular complexity index is 1020. The molecule has 2 aromatic rings. The molecule has 142 valence electrons. The molecule has 1 aliphatic heterocycles. The Morgan fingerprint density at radius 1 is 1.30 bits per heavy atom. The van der Waals surface area contributed by atoms with Crippen molar-refractivity contribution in [2.24, 2.45) is 10.7 Å². The van der Waals surface area contributed by atoms with Gasteiger partial charge in [-0.3, -0.25) is 4.79 Å². The van der Waals surface area contributed by atoms with Gasteiger partial charge in [-0.15, -0.1) is 0 Å². The van der Waals surface area contributed by atoms with Crippen LogP contribution in [0.15, 0.2) is 41.5 Å². The number of anilines is 2. The number of guanidine groups is 1. The first kappa shape index (κ1) is 18.9. The second-order valence-electron chi connectivity index (χ2n) is 5.91. The highest BCUT2D eigenvalue weighted by atomic mass is 35.5. The van der Waals surface area contributed by atoms with E-state index >= 15 is 0 Å². The van der Waals surface area contributed by atoms with E-state index in [1.807, 2.05) is 0 Å². The number of halogens is 1. The maximum Gasteiger partial charge on any atom is 0.274 e. The maximum atomic E-state index is 12.3. The van der Waals surface area contributed by atoms with Gasteiger partial charge in [0.15, 0.2) is 0 Å². The standard InChI is InChI=1S/C16H17ClN6O3S/c1-23-16(19)22-14(8-27(23,25)26)11-6-10(3-4-12(11)18)21-15(24)13-5-2-9(17)7-20-13/h2-7,14H,8,18H2,1H3,(H2,19,22)(H,21,24). The minimum atomic E-state index is -3.60. The van der Waals surface area contributed by atoms with E-state index in [1.165, 1.54) is 19.3 Å². The molecular weight excluding hydrogens is 392 g/mol. The van der Waals surface area contributed by atoms with E-state index in [-0.39, 0.29) is 17.4 Å². The molecule has 0 radical (unpaired) electrons. The zero-order valence-electron chi connectivity index (χ0n) is 14.3. The van der Waals surface area contributed by atoms with Crippen molar-refractivity contribution in [2.45, 2.75) is 6.04 Å². The Kier molecular flexibility index (Phi) is 4.94. The molecule has 1 atom stereocenters. The summed E-state index contributed by atoms with van der Waals surface area (Å²) < 4.78 is 25.3. The summed E-state index contributed by atoms with van der Waals surface area (Å²) in [7, 11) is -2.26. The number of amides is 1. The molecule has 0 fully saturated rings. The van der Waals surface area contributed by atoms with Crippen LogP contribution in [0, 0.1) is 0 Å². The number of hydrogen-bond acceptors (Lipinski definition) is 7. The average molecular weight is 409 g/mol. The number of hydrogen-bond donors (Lipinski definition) is 3. The van der Waals surface area contributed by atoms with Crippen molar-refractivity contribution in [1.29, 1.82) is 0 Å². The number of nitrogens with two attached hydrogens (primary N) is 2. The van der Waals surface area contributed by atoms with Gasteiger partial charge in [0.25, 0.3) is 5.91 Å². The SMILES string of the molecule is CN1C(N)=NC(c2cc(NC(=O)c3ccc(Cl)cn3)ccc2N)CS1(=O)=O. The van der Waals surface area contributed by atoms with E-state index in [0.717, 1.165) is 4.31 Å². The number of carbonyl (C=O) groups is 1. The number of sulfonamides is 1. The second kappa shape index (κ2) is 7.05. The Morgan fingerprint density at radius 3 is 2.67 bits per heavy atom. The molecule has 27 heavy (non-hydrogen) atoms. The van der Waals surface area contributed by atoms with Gasteiger partial charge in [0.2, 0.25) is 16.0 Å². The molecule has 1 aromatic carbocycles. The number of aromatic nitrogens is 1. The summed E-state index contributed by atoms with van der Waals surface area (Å²) in [5.41, 5.74) is 13.1. The summed E-state index contributed by atoms with van der Waals surface area (Å²) in [5.74, 6) is -0.836. The van der Waals surface area contributed by atoms with Crippen LogP contribution in [0.2, 0.25) is 5.02 Å². The van der Waals surface area contributed by atoms with Gasteiger partial charge in [-0.1, -0.05) is 11.6 Å². The van der Waals surface area contributed by atoms with Crippen LogP contribution in [0.5, 0.6) is 0 Å². The molecular formula is C16H17ClN6O3S. The molecule has 5 N–H and O–H groups in total. The van der Waals surface area contributed by atoms with Gasteiger partial charge < -0.3 is 16.8 Å². The first-order valence-corrected chi connectivity index (χ1v) is 9.78. The second-order valence-corrected chi connectivity index (χ2v) is 8.39. The highest BCUT2D eigenvalue weighted by molar-refractivity contribution is 7.89. The lowest BCUT2D eigenvalue weighted by Gasteiger charge is -2.27. The number of aliphatic imine (C=N–C) groups is 1. The number of carbonyl (C=O) groups excluding carboxylic acids is 1. The highest BCUT2D eigenvalue weighted by Crippen LogP contribution is 2.31. The number of nitrogen functional groups attached to an aromatic ring is 1. The van der Waals surface area contributed by atoms with E-state index < -0.39 is 22.0 Å². The van der Waals surface area contributed by atoms with Crippen molar-refractivity contribution in [3.63, 3.8) is 0 Å². The molecule has 1 aliphatic rings. The minimum absolute atomic E-state index is 0.120. The predicted molar refractivity (Wildman–Crippen MR) is 104 cm³/mol. The molecule has 11 heteroatoms. The number of rotatable bonds is 3. The number of nitrogens with zero attached hydrogens (tertiary/aromatic N) is 3. The molecule has 9 nitrogen and oxygen atoms in total. The van der Waals surface area contributed by atoms with Gasteiger partial charge in [0.05, 0.1) is 16.8 Å². The normalized spacial score (nSPS) is 18.7. The number of pyridine rings is 1. The number of benzene rings is 1. The van der Waals surface area contributed by atoms with Crippen molar-refractivity contribution >= 4 is 44.9 Å². The topological polar surface area (TPSA) is 144 Å². The smallest absolute Gasteiger partial charge is 0.274 e. The first-order chi connectivity index (χ1) is 12.7. The van der Waals surface area contributed by atoms with Crippen LogP contribution in [0.1, 0.15) is 22.1 Å². The Labute approximate surface area is 161 Å². The highest BCUT2D eigenvalue weighted by Gasteiger charge is 2.32. The molecule has 1 unspecified atom stereocenters. The predicted octanol–water partition coefficient (Wildman–Crippen LogP) is 1.20. The summed E-state index contributed by atoms with van der Waals surface area (Å²) >= 11 is 5.76. The Balaban J connectivity index is 1.89. The monoisotopic (exact) mass is 408 g/mol. The zero-order chi connectivity index (χ0) is 19.8. The third kappa shape index (κ3) is 3.96. The van der Waals surface area contributed by atoms with E-state index in [0.29, 0.717) is 22.0 Å². The van der Waals surface area contributed by atoms with E-state index in [9.17, 15) is 13.2 Å². The fourth-order valence-corrected chi connectivity index (χ4v) is 3.86. The summed E-state index contributed by atoms with van der Waals surface area (Å²) in [6, 6.07) is 7.02. The molecule has 0 bridgehead atoms. The van der Waals surface area contributed by atoms with Gasteiger partial charge >= 0.3 is 0 Å². The third-order valence-corrected chi connectivity index (χ3v) is 6.04. The van der Waals surface area contributed by atoms with Crippen LogP contribution in [0.25, 0.3) is 0 Å². The largest absolute Gasteiger partial charge is 0.398 e. The summed E-state index contributed by atoms with van der Waals surface area (Å²) in [5, 5.41) is 3.10. The van der Waals surface area contributed by atoms with Crippen LogP contribution in [-0.2, 0) is 10.0 Å². The van der Waals surface area contributed by atoms with Crippen molar-refractivity contribution in [2.75, 3.05) is 23.9 Å². The van der Waals surface area contributed by atoms with Gasteiger partial charge in [0.1, 0.15) is 5.69 Å². The summed E-state index contributed by atoms with van der Waals surface area (Å²) in [4.78, 5) is 20.4. The number of nitrogens with one attached hydrogen (secondary N) is 1. The minimum Gasteiger partial charge on any atom is -0.398 e. The van der Waals surface area contributed by atoms with Crippen LogP contribution >= 0.6 is 11.6 Å². The zero-order valence-corrected chi connectivity index (χ0v) is 15.8. The third-order valence-electron chi connectivity index (χ3n) is 4.06. The van der Waals surface area contributed by atoms with Crippen molar-refractivity contribution in [3.05, 3.63) is 52.8 Å². The Morgan fingerprint density at radius 2 is 2.04 bits per heavy atom. The van der Waals surface area contributed by atoms with Crippen molar-refractivity contribution in [3.8, 4) is 0 Å². The average Bonchev–Trinajstić information content (AvgIpc) is 2.61. The lowest BCUT2D eigenvalue weighted by Crippen LogP contribution is -2.45. The Hall–Kier alpha value is -2.85. The lowest BCUT2D eigenvalue weighted by atomic mass is 10.1. The molecule has 2 heterocycles. The molecule has 0 aliphatic carbocycles. The van der Waals surface area contributed by atoms with Crippen molar-refractivity contribution < 1.29 is 13.2 Å². The first-order valence-electron chi connectivity index (χ1n) is 7.79.